The average molecular weight is 293 g/mol. The second-order valence-corrected chi connectivity index (χ2v) is 5.73. The Hall–Kier alpha value is -1.58. The summed E-state index contributed by atoms with van der Waals surface area (Å²) in [6.45, 7) is 1.29. The van der Waals surface area contributed by atoms with Crippen molar-refractivity contribution >= 4 is 15.9 Å². The lowest BCUT2D eigenvalue weighted by atomic mass is 10.3. The van der Waals surface area contributed by atoms with E-state index in [-0.39, 0.29) is 18.7 Å². The molecule has 1 aromatic rings. The van der Waals surface area contributed by atoms with E-state index in [1.807, 2.05) is 0 Å². The molecular weight excluding hydrogens is 285 g/mol. The zero-order chi connectivity index (χ0) is 14.3. The van der Waals surface area contributed by atoms with Gasteiger partial charge in [0.15, 0.2) is 0 Å². The van der Waals surface area contributed by atoms with Gasteiger partial charge in [0.1, 0.15) is 10.6 Å². The minimum absolute atomic E-state index is 0.0536. The van der Waals surface area contributed by atoms with E-state index in [0.29, 0.717) is 6.07 Å². The Balaban J connectivity index is 3.52. The van der Waals surface area contributed by atoms with Crippen LogP contribution in [0.4, 0.5) is 25.1 Å². The van der Waals surface area contributed by atoms with Gasteiger partial charge in [0.05, 0.1) is 17.6 Å². The van der Waals surface area contributed by atoms with E-state index in [2.05, 4.69) is 4.74 Å². The number of benzene rings is 1. The third-order valence-corrected chi connectivity index (χ3v) is 2.96. The molecule has 0 radical (unpaired) electrons. The molecule has 10 heteroatoms. The molecule has 0 aromatic heterocycles. The fraction of sp³-hybridized carbons (Fsp3) is 0.250. The van der Waals surface area contributed by atoms with Crippen LogP contribution in [0.25, 0.3) is 0 Å². The van der Waals surface area contributed by atoms with Gasteiger partial charge in [-0.25, -0.2) is 0 Å². The second kappa shape index (κ2) is 3.46. The second-order valence-electron chi connectivity index (χ2n) is 3.32. The van der Waals surface area contributed by atoms with Crippen molar-refractivity contribution in [2.75, 3.05) is 6.61 Å². The molecule has 1 rings (SSSR count). The smallest absolute Gasteiger partial charge is 0.310 e. The Labute approximate surface area is 98.2 Å². The lowest BCUT2D eigenvalue weighted by molar-refractivity contribution is -0.385. The summed E-state index contributed by atoms with van der Waals surface area (Å²) in [6.07, 6.45) is 0. The van der Waals surface area contributed by atoms with Gasteiger partial charge in [-0.05, 0) is 6.92 Å². The van der Waals surface area contributed by atoms with Crippen LogP contribution < -0.4 is 4.74 Å². The molecule has 0 bridgehead atoms. The highest BCUT2D eigenvalue weighted by Crippen LogP contribution is 3.02. The summed E-state index contributed by atoms with van der Waals surface area (Å²) < 4.78 is 67.3. The molecule has 0 aliphatic carbocycles. The first-order valence-electron chi connectivity index (χ1n) is 4.50. The third-order valence-electron chi connectivity index (χ3n) is 1.83. The van der Waals surface area contributed by atoms with Crippen molar-refractivity contribution in [2.24, 2.45) is 0 Å². The monoisotopic (exact) mass is 293 g/mol. The van der Waals surface area contributed by atoms with Gasteiger partial charge in [-0.15, -0.1) is 0 Å². The van der Waals surface area contributed by atoms with Crippen molar-refractivity contribution in [1.82, 2.24) is 0 Å². The summed E-state index contributed by atoms with van der Waals surface area (Å²) in [4.78, 5) is 6.86. The molecular formula is C8H8F5NO3S. The fourth-order valence-corrected chi connectivity index (χ4v) is 1.82. The van der Waals surface area contributed by atoms with Crippen LogP contribution in [-0.2, 0) is 0 Å². The number of hydrogen-bond acceptors (Lipinski definition) is 3. The largest absolute Gasteiger partial charge is 0.494 e. The normalized spacial score (nSPS) is 15.7. The number of nitro benzene ring substituents is 1. The highest BCUT2D eigenvalue weighted by atomic mass is 32.5. The quantitative estimate of drug-likeness (QED) is 0.461. The summed E-state index contributed by atoms with van der Waals surface area (Å²) in [5.41, 5.74) is -1.11. The van der Waals surface area contributed by atoms with Crippen molar-refractivity contribution < 1.29 is 29.1 Å². The van der Waals surface area contributed by atoms with Crippen molar-refractivity contribution in [3.63, 3.8) is 0 Å². The Bertz CT molecular complexity index is 501. The summed E-state index contributed by atoms with van der Waals surface area (Å²) in [5, 5.41) is 10.4. The molecule has 0 unspecified atom stereocenters. The van der Waals surface area contributed by atoms with E-state index in [1.54, 1.807) is 0 Å². The molecule has 0 heterocycles. The minimum Gasteiger partial charge on any atom is -0.494 e. The van der Waals surface area contributed by atoms with Crippen molar-refractivity contribution in [3.05, 3.63) is 28.3 Å². The van der Waals surface area contributed by atoms with Crippen LogP contribution >= 0.6 is 10.2 Å². The summed E-state index contributed by atoms with van der Waals surface area (Å²) >= 11 is 0. The molecule has 18 heavy (non-hydrogen) atoms. The SMILES string of the molecule is CCOc1cc([N+](=O)[O-])cc(S(F)(F)(F)(F)F)c1. The molecule has 4 nitrogen and oxygen atoms in total. The van der Waals surface area contributed by atoms with Gasteiger partial charge in [-0.3, -0.25) is 10.1 Å². The number of hydrogen-bond donors (Lipinski definition) is 0. The van der Waals surface area contributed by atoms with E-state index in [9.17, 15) is 29.5 Å². The molecule has 0 spiro atoms. The van der Waals surface area contributed by atoms with E-state index < -0.39 is 31.5 Å². The maximum Gasteiger partial charge on any atom is 0.310 e. The van der Waals surface area contributed by atoms with Gasteiger partial charge in [0.25, 0.3) is 5.69 Å². The topological polar surface area (TPSA) is 52.4 Å². The van der Waals surface area contributed by atoms with Crippen LogP contribution in [0.15, 0.2) is 23.1 Å². The van der Waals surface area contributed by atoms with Crippen molar-refractivity contribution in [3.8, 4) is 5.75 Å². The predicted octanol–water partition coefficient (Wildman–Crippen LogP) is 4.65. The van der Waals surface area contributed by atoms with Crippen molar-refractivity contribution in [1.29, 1.82) is 0 Å². The lowest BCUT2D eigenvalue weighted by Gasteiger charge is -2.40. The summed E-state index contributed by atoms with van der Waals surface area (Å²) in [5.74, 6) is -0.630. The Morgan fingerprint density at radius 3 is 2.17 bits per heavy atom. The van der Waals surface area contributed by atoms with Gasteiger partial charge in [-0.1, -0.05) is 19.4 Å². The first kappa shape index (κ1) is 14.5. The zero-order valence-corrected chi connectivity index (χ0v) is 9.73. The van der Waals surface area contributed by atoms with Gasteiger partial charge in [0, 0.05) is 12.1 Å². The van der Waals surface area contributed by atoms with E-state index in [4.69, 9.17) is 0 Å². The highest BCUT2D eigenvalue weighted by Gasteiger charge is 2.66. The summed E-state index contributed by atoms with van der Waals surface area (Å²) in [7, 11) is -9.96. The number of ether oxygens (including phenoxy) is 1. The van der Waals surface area contributed by atoms with Gasteiger partial charge >= 0.3 is 10.2 Å². The molecule has 0 atom stereocenters. The standard InChI is InChI=1S/C8H8F5NO3S/c1-2-17-7-3-6(14(15)16)4-8(5-7)18(9,10,11,12)13/h3-5H,2H2,1H3. The molecule has 0 saturated carbocycles. The number of nitro groups is 1. The van der Waals surface area contributed by atoms with Crippen LogP contribution in [0.3, 0.4) is 0 Å². The number of halogens is 5. The minimum atomic E-state index is -9.96. The van der Waals surface area contributed by atoms with Crippen LogP contribution in [0.2, 0.25) is 0 Å². The van der Waals surface area contributed by atoms with Gasteiger partial charge in [-0.2, -0.15) is 0 Å². The number of rotatable bonds is 4. The number of non-ortho nitro benzene ring substituents is 1. The van der Waals surface area contributed by atoms with Crippen LogP contribution in [0, 0.1) is 10.1 Å². The molecule has 104 valence electrons. The molecule has 1 aromatic carbocycles. The van der Waals surface area contributed by atoms with Crippen molar-refractivity contribution in [2.45, 2.75) is 11.8 Å². The Kier molecular flexibility index (Phi) is 2.79. The third kappa shape index (κ3) is 3.45. The predicted molar refractivity (Wildman–Crippen MR) is 55.7 cm³/mol. The highest BCUT2D eigenvalue weighted by molar-refractivity contribution is 8.45. The fourth-order valence-electron chi connectivity index (χ4n) is 1.13. The molecule has 0 N–H and O–H groups in total. The zero-order valence-electron chi connectivity index (χ0n) is 8.91. The van der Waals surface area contributed by atoms with Crippen LogP contribution in [0.1, 0.15) is 6.92 Å². The Morgan fingerprint density at radius 1 is 1.22 bits per heavy atom. The van der Waals surface area contributed by atoms with Gasteiger partial charge < -0.3 is 4.74 Å². The average Bonchev–Trinajstić information content (AvgIpc) is 2.14. The molecule has 0 amide bonds. The maximum atomic E-state index is 12.5. The molecule has 0 aliphatic heterocycles. The maximum absolute atomic E-state index is 12.5. The molecule has 0 aliphatic rings. The van der Waals surface area contributed by atoms with E-state index in [0.717, 1.165) is 0 Å². The first-order chi connectivity index (χ1) is 7.83. The molecule has 0 saturated heterocycles. The first-order valence-corrected chi connectivity index (χ1v) is 6.45. The van der Waals surface area contributed by atoms with E-state index >= 15 is 0 Å². The summed E-state index contributed by atoms with van der Waals surface area (Å²) in [6, 6.07) is 0.499. The Morgan fingerprint density at radius 2 is 1.78 bits per heavy atom. The molecule has 0 fully saturated rings. The number of nitrogens with zero attached hydrogens (tertiary/aromatic N) is 1. The van der Waals surface area contributed by atoms with E-state index in [1.165, 1.54) is 6.92 Å². The van der Waals surface area contributed by atoms with Crippen LogP contribution in [0.5, 0.6) is 5.75 Å². The van der Waals surface area contributed by atoms with Gasteiger partial charge in [0.2, 0.25) is 0 Å². The lowest BCUT2D eigenvalue weighted by Crippen LogP contribution is -2.07. The van der Waals surface area contributed by atoms with Crippen LogP contribution in [-0.4, -0.2) is 11.5 Å².